The Kier molecular flexibility index (Phi) is 3.42. The zero-order valence-corrected chi connectivity index (χ0v) is 11.4. The third kappa shape index (κ3) is 2.82. The number of aryl methyl sites for hydroxylation is 2. The topological polar surface area (TPSA) is 35.5 Å². The molecule has 0 spiro atoms. The number of fused-ring (bicyclic) bond motifs is 1. The summed E-state index contributed by atoms with van der Waals surface area (Å²) in [7, 11) is 0. The van der Waals surface area contributed by atoms with E-state index in [4.69, 9.17) is 9.47 Å². The minimum Gasteiger partial charge on any atom is -0.489 e. The smallest absolute Gasteiger partial charge is 0.311 e. The van der Waals surface area contributed by atoms with Crippen molar-refractivity contribution in [3.63, 3.8) is 0 Å². The average molecular weight is 268 g/mol. The summed E-state index contributed by atoms with van der Waals surface area (Å²) in [5.41, 5.74) is 3.41. The van der Waals surface area contributed by atoms with Crippen LogP contribution in [0.3, 0.4) is 0 Å². The molecule has 1 aliphatic rings. The van der Waals surface area contributed by atoms with Gasteiger partial charge in [0.15, 0.2) is 0 Å². The molecule has 1 aliphatic heterocycles. The second-order valence-corrected chi connectivity index (χ2v) is 5.02. The molecule has 0 saturated carbocycles. The van der Waals surface area contributed by atoms with Gasteiger partial charge in [0.25, 0.3) is 0 Å². The lowest BCUT2D eigenvalue weighted by atomic mass is 10.1. The SMILES string of the molecule is Cc1ccc(COc2ccc3c(c2)OC(=O)CC3)cc1. The van der Waals surface area contributed by atoms with Crippen LogP contribution in [0.15, 0.2) is 42.5 Å². The fraction of sp³-hybridized carbons (Fsp3) is 0.235. The predicted octanol–water partition coefficient (Wildman–Crippen LogP) is 3.43. The van der Waals surface area contributed by atoms with Gasteiger partial charge in [-0.1, -0.05) is 35.9 Å². The van der Waals surface area contributed by atoms with Gasteiger partial charge in [-0.25, -0.2) is 0 Å². The molecule has 0 fully saturated rings. The van der Waals surface area contributed by atoms with Gasteiger partial charge in [0.05, 0.1) is 6.42 Å². The number of esters is 1. The Labute approximate surface area is 118 Å². The number of hydrogen-bond donors (Lipinski definition) is 0. The lowest BCUT2D eigenvalue weighted by molar-refractivity contribution is -0.135. The molecule has 102 valence electrons. The predicted molar refractivity (Wildman–Crippen MR) is 75.9 cm³/mol. The molecule has 3 rings (SSSR count). The Bertz CT molecular complexity index is 629. The highest BCUT2D eigenvalue weighted by molar-refractivity contribution is 5.75. The molecule has 0 atom stereocenters. The maximum Gasteiger partial charge on any atom is 0.311 e. The molecule has 2 aromatic carbocycles. The standard InChI is InChI=1S/C17H16O3/c1-12-2-4-13(5-3-12)11-19-15-8-6-14-7-9-17(18)20-16(14)10-15/h2-6,8,10H,7,9,11H2,1H3. The third-order valence-electron chi connectivity index (χ3n) is 3.39. The zero-order chi connectivity index (χ0) is 13.9. The van der Waals surface area contributed by atoms with Gasteiger partial charge in [-0.15, -0.1) is 0 Å². The minimum atomic E-state index is -0.173. The van der Waals surface area contributed by atoms with Crippen molar-refractivity contribution in [3.8, 4) is 11.5 Å². The zero-order valence-electron chi connectivity index (χ0n) is 11.4. The van der Waals surface area contributed by atoms with Crippen LogP contribution in [-0.2, 0) is 17.8 Å². The van der Waals surface area contributed by atoms with E-state index < -0.39 is 0 Å². The summed E-state index contributed by atoms with van der Waals surface area (Å²) in [4.78, 5) is 11.3. The van der Waals surface area contributed by atoms with Crippen LogP contribution in [0, 0.1) is 6.92 Å². The van der Waals surface area contributed by atoms with Crippen LogP contribution in [0.5, 0.6) is 11.5 Å². The monoisotopic (exact) mass is 268 g/mol. The van der Waals surface area contributed by atoms with Crippen molar-refractivity contribution in [2.45, 2.75) is 26.4 Å². The molecule has 3 heteroatoms. The molecule has 1 heterocycles. The molecular formula is C17H16O3. The highest BCUT2D eigenvalue weighted by atomic mass is 16.5. The number of rotatable bonds is 3. The summed E-state index contributed by atoms with van der Waals surface area (Å²) >= 11 is 0. The van der Waals surface area contributed by atoms with Crippen LogP contribution >= 0.6 is 0 Å². The summed E-state index contributed by atoms with van der Waals surface area (Å²) in [5.74, 6) is 1.18. The number of benzene rings is 2. The molecular weight excluding hydrogens is 252 g/mol. The Balaban J connectivity index is 1.70. The quantitative estimate of drug-likeness (QED) is 0.632. The molecule has 2 aromatic rings. The van der Waals surface area contributed by atoms with Crippen molar-refractivity contribution in [1.82, 2.24) is 0 Å². The highest BCUT2D eigenvalue weighted by Crippen LogP contribution is 2.29. The van der Waals surface area contributed by atoms with Crippen LogP contribution in [-0.4, -0.2) is 5.97 Å². The maximum absolute atomic E-state index is 11.3. The fourth-order valence-corrected chi connectivity index (χ4v) is 2.19. The Hall–Kier alpha value is -2.29. The van der Waals surface area contributed by atoms with Crippen molar-refractivity contribution in [2.75, 3.05) is 0 Å². The lowest BCUT2D eigenvalue weighted by Crippen LogP contribution is -2.15. The van der Waals surface area contributed by atoms with Gasteiger partial charge >= 0.3 is 5.97 Å². The van der Waals surface area contributed by atoms with Crippen molar-refractivity contribution < 1.29 is 14.3 Å². The summed E-state index contributed by atoms with van der Waals surface area (Å²) in [6.07, 6.45) is 1.20. The van der Waals surface area contributed by atoms with Gasteiger partial charge in [-0.2, -0.15) is 0 Å². The van der Waals surface area contributed by atoms with Crippen molar-refractivity contribution in [3.05, 3.63) is 59.2 Å². The van der Waals surface area contributed by atoms with Gasteiger partial charge in [0.2, 0.25) is 0 Å². The van der Waals surface area contributed by atoms with E-state index in [9.17, 15) is 4.79 Å². The molecule has 0 N–H and O–H groups in total. The fourth-order valence-electron chi connectivity index (χ4n) is 2.19. The average Bonchev–Trinajstić information content (AvgIpc) is 2.46. The first-order valence-electron chi connectivity index (χ1n) is 6.73. The van der Waals surface area contributed by atoms with E-state index in [0.29, 0.717) is 18.8 Å². The first-order chi connectivity index (χ1) is 9.70. The number of hydrogen-bond acceptors (Lipinski definition) is 3. The summed E-state index contributed by atoms with van der Waals surface area (Å²) in [5, 5.41) is 0. The van der Waals surface area contributed by atoms with E-state index in [1.807, 2.05) is 24.3 Å². The first kappa shape index (κ1) is 12.7. The van der Waals surface area contributed by atoms with E-state index in [2.05, 4.69) is 19.1 Å². The van der Waals surface area contributed by atoms with E-state index in [0.717, 1.165) is 23.3 Å². The molecule has 0 amide bonds. The van der Waals surface area contributed by atoms with E-state index in [-0.39, 0.29) is 5.97 Å². The van der Waals surface area contributed by atoms with E-state index >= 15 is 0 Å². The highest BCUT2D eigenvalue weighted by Gasteiger charge is 2.17. The van der Waals surface area contributed by atoms with Crippen molar-refractivity contribution in [2.24, 2.45) is 0 Å². The summed E-state index contributed by atoms with van der Waals surface area (Å²) in [6, 6.07) is 13.9. The molecule has 0 aromatic heterocycles. The molecule has 0 bridgehead atoms. The number of ether oxygens (including phenoxy) is 2. The normalized spacial score (nSPS) is 13.6. The Morgan fingerprint density at radius 3 is 2.70 bits per heavy atom. The summed E-state index contributed by atoms with van der Waals surface area (Å²) < 4.78 is 11.0. The second kappa shape index (κ2) is 5.37. The molecule has 0 saturated heterocycles. The summed E-state index contributed by atoms with van der Waals surface area (Å²) in [6.45, 7) is 2.56. The van der Waals surface area contributed by atoms with E-state index in [1.54, 1.807) is 6.07 Å². The Morgan fingerprint density at radius 1 is 1.10 bits per heavy atom. The van der Waals surface area contributed by atoms with Crippen molar-refractivity contribution in [1.29, 1.82) is 0 Å². The Morgan fingerprint density at radius 2 is 1.90 bits per heavy atom. The van der Waals surface area contributed by atoms with Crippen LogP contribution < -0.4 is 9.47 Å². The molecule has 20 heavy (non-hydrogen) atoms. The number of carbonyl (C=O) groups is 1. The number of carbonyl (C=O) groups excluding carboxylic acids is 1. The van der Waals surface area contributed by atoms with Gasteiger partial charge in [0.1, 0.15) is 18.1 Å². The first-order valence-corrected chi connectivity index (χ1v) is 6.73. The van der Waals surface area contributed by atoms with E-state index in [1.165, 1.54) is 5.56 Å². The maximum atomic E-state index is 11.3. The lowest BCUT2D eigenvalue weighted by Gasteiger charge is -2.16. The second-order valence-electron chi connectivity index (χ2n) is 5.02. The molecule has 3 nitrogen and oxygen atoms in total. The minimum absolute atomic E-state index is 0.173. The van der Waals surface area contributed by atoms with Crippen molar-refractivity contribution >= 4 is 5.97 Å². The largest absolute Gasteiger partial charge is 0.489 e. The van der Waals surface area contributed by atoms with Gasteiger partial charge in [-0.3, -0.25) is 4.79 Å². The van der Waals surface area contributed by atoms with Crippen LogP contribution in [0.4, 0.5) is 0 Å². The molecule has 0 unspecified atom stereocenters. The van der Waals surface area contributed by atoms with Gasteiger partial charge < -0.3 is 9.47 Å². The van der Waals surface area contributed by atoms with Crippen LogP contribution in [0.2, 0.25) is 0 Å². The molecule has 0 radical (unpaired) electrons. The molecule has 0 aliphatic carbocycles. The van der Waals surface area contributed by atoms with Gasteiger partial charge in [-0.05, 0) is 30.5 Å². The van der Waals surface area contributed by atoms with Crippen LogP contribution in [0.1, 0.15) is 23.1 Å². The van der Waals surface area contributed by atoms with Gasteiger partial charge in [0, 0.05) is 6.07 Å². The third-order valence-corrected chi connectivity index (χ3v) is 3.39. The van der Waals surface area contributed by atoms with Crippen LogP contribution in [0.25, 0.3) is 0 Å².